The zero-order valence-electron chi connectivity index (χ0n) is 16.1. The smallest absolute Gasteiger partial charge is 0.401 e. The molecule has 1 fully saturated rings. The summed E-state index contributed by atoms with van der Waals surface area (Å²) in [6.07, 6.45) is -3.57. The Morgan fingerprint density at radius 1 is 1.21 bits per heavy atom. The van der Waals surface area contributed by atoms with E-state index in [0.717, 1.165) is 5.56 Å². The molecule has 0 aromatic heterocycles. The highest BCUT2D eigenvalue weighted by atomic mass is 19.4. The van der Waals surface area contributed by atoms with Crippen molar-refractivity contribution in [1.82, 2.24) is 10.2 Å². The van der Waals surface area contributed by atoms with Gasteiger partial charge in [0.25, 0.3) is 0 Å². The SMILES string of the molecule is Cc1cccc(Oc2ccccc2NC(=O)NCC2CCN(CC(F)(F)F)C2)c1. The molecule has 2 aromatic rings. The molecule has 0 aliphatic carbocycles. The predicted octanol–water partition coefficient (Wildman–Crippen LogP) is 4.79. The molecule has 29 heavy (non-hydrogen) atoms. The average molecular weight is 407 g/mol. The van der Waals surface area contributed by atoms with Crippen molar-refractivity contribution < 1.29 is 22.7 Å². The minimum Gasteiger partial charge on any atom is -0.455 e. The van der Waals surface area contributed by atoms with Crippen LogP contribution in [0.2, 0.25) is 0 Å². The maximum absolute atomic E-state index is 12.5. The summed E-state index contributed by atoms with van der Waals surface area (Å²) in [5.74, 6) is 1.17. The highest BCUT2D eigenvalue weighted by Crippen LogP contribution is 2.29. The number of amides is 2. The number of aryl methyl sites for hydroxylation is 1. The number of alkyl halides is 3. The molecule has 0 radical (unpaired) electrons. The first-order valence-electron chi connectivity index (χ1n) is 9.46. The van der Waals surface area contributed by atoms with E-state index < -0.39 is 18.8 Å². The summed E-state index contributed by atoms with van der Waals surface area (Å²) in [6, 6.07) is 14.2. The monoisotopic (exact) mass is 407 g/mol. The van der Waals surface area contributed by atoms with E-state index in [1.54, 1.807) is 18.2 Å². The summed E-state index contributed by atoms with van der Waals surface area (Å²) in [5, 5.41) is 5.49. The second-order valence-electron chi connectivity index (χ2n) is 7.25. The van der Waals surface area contributed by atoms with E-state index in [0.29, 0.717) is 43.2 Å². The van der Waals surface area contributed by atoms with Crippen molar-refractivity contribution in [2.45, 2.75) is 19.5 Å². The Kier molecular flexibility index (Phi) is 6.64. The summed E-state index contributed by atoms with van der Waals surface area (Å²) in [6.45, 7) is 2.09. The molecule has 8 heteroatoms. The lowest BCUT2D eigenvalue weighted by Gasteiger charge is -2.18. The first kappa shape index (κ1) is 21.0. The molecule has 2 amide bonds. The van der Waals surface area contributed by atoms with Gasteiger partial charge < -0.3 is 15.4 Å². The topological polar surface area (TPSA) is 53.6 Å². The largest absolute Gasteiger partial charge is 0.455 e. The van der Waals surface area contributed by atoms with Crippen LogP contribution in [0.15, 0.2) is 48.5 Å². The fourth-order valence-electron chi connectivity index (χ4n) is 3.34. The third kappa shape index (κ3) is 6.67. The molecule has 0 spiro atoms. The van der Waals surface area contributed by atoms with Crippen molar-refractivity contribution in [2.24, 2.45) is 5.92 Å². The van der Waals surface area contributed by atoms with Crippen molar-refractivity contribution in [1.29, 1.82) is 0 Å². The quantitative estimate of drug-likeness (QED) is 0.724. The first-order chi connectivity index (χ1) is 13.8. The molecule has 1 unspecified atom stereocenters. The van der Waals surface area contributed by atoms with Crippen LogP contribution < -0.4 is 15.4 Å². The van der Waals surface area contributed by atoms with Crippen molar-refractivity contribution in [3.8, 4) is 11.5 Å². The maximum atomic E-state index is 12.5. The molecule has 2 N–H and O–H groups in total. The normalized spacial score (nSPS) is 17.2. The van der Waals surface area contributed by atoms with Crippen LogP contribution in [0.4, 0.5) is 23.7 Å². The van der Waals surface area contributed by atoms with Gasteiger partial charge in [0.15, 0.2) is 5.75 Å². The number of nitrogens with zero attached hydrogens (tertiary/aromatic N) is 1. The molecule has 5 nitrogen and oxygen atoms in total. The number of urea groups is 1. The number of hydrogen-bond donors (Lipinski definition) is 2. The van der Waals surface area contributed by atoms with E-state index in [1.807, 2.05) is 37.3 Å². The number of nitrogens with one attached hydrogen (secondary N) is 2. The molecule has 2 aromatic carbocycles. The summed E-state index contributed by atoms with van der Waals surface area (Å²) in [4.78, 5) is 13.6. The standard InChI is InChI=1S/C21H24F3N3O2/c1-15-5-4-6-17(11-15)29-19-8-3-2-7-18(19)26-20(28)25-12-16-9-10-27(13-16)14-21(22,23)24/h2-8,11,16H,9-10,12-14H2,1H3,(H2,25,26,28). The predicted molar refractivity (Wildman–Crippen MR) is 105 cm³/mol. The minimum atomic E-state index is -4.19. The van der Waals surface area contributed by atoms with E-state index in [4.69, 9.17) is 4.74 Å². The van der Waals surface area contributed by atoms with Gasteiger partial charge in [0.05, 0.1) is 12.2 Å². The Labute approximate surface area is 167 Å². The van der Waals surface area contributed by atoms with Crippen molar-refractivity contribution in [2.75, 3.05) is 31.5 Å². The Morgan fingerprint density at radius 3 is 2.76 bits per heavy atom. The fourth-order valence-corrected chi connectivity index (χ4v) is 3.34. The number of ether oxygens (including phenoxy) is 1. The van der Waals surface area contributed by atoms with Crippen LogP contribution in [-0.2, 0) is 0 Å². The molecule has 0 saturated carbocycles. The van der Waals surface area contributed by atoms with Gasteiger partial charge in [-0.3, -0.25) is 4.90 Å². The number of rotatable bonds is 6. The summed E-state index contributed by atoms with van der Waals surface area (Å²) in [5.41, 5.74) is 1.57. The third-order valence-corrected chi connectivity index (χ3v) is 4.68. The van der Waals surface area contributed by atoms with Gasteiger partial charge in [-0.15, -0.1) is 0 Å². The van der Waals surface area contributed by atoms with E-state index in [2.05, 4.69) is 10.6 Å². The summed E-state index contributed by atoms with van der Waals surface area (Å²) in [7, 11) is 0. The maximum Gasteiger partial charge on any atom is 0.401 e. The Hall–Kier alpha value is -2.74. The molecular formula is C21H24F3N3O2. The molecule has 1 atom stereocenters. The van der Waals surface area contributed by atoms with Crippen LogP contribution in [0.25, 0.3) is 0 Å². The van der Waals surface area contributed by atoms with Gasteiger partial charge in [0.2, 0.25) is 0 Å². The lowest BCUT2D eigenvalue weighted by molar-refractivity contribution is -0.143. The molecule has 1 aliphatic rings. The van der Waals surface area contributed by atoms with Gasteiger partial charge >= 0.3 is 12.2 Å². The number of hydrogen-bond acceptors (Lipinski definition) is 3. The van der Waals surface area contributed by atoms with E-state index in [-0.39, 0.29) is 5.92 Å². The number of halogens is 3. The fraction of sp³-hybridized carbons (Fsp3) is 0.381. The van der Waals surface area contributed by atoms with Crippen LogP contribution in [0.1, 0.15) is 12.0 Å². The number of benzene rings is 2. The van der Waals surface area contributed by atoms with Crippen molar-refractivity contribution >= 4 is 11.7 Å². The molecule has 1 saturated heterocycles. The van der Waals surface area contributed by atoms with E-state index in [1.165, 1.54) is 4.90 Å². The Morgan fingerprint density at radius 2 is 2.00 bits per heavy atom. The second kappa shape index (κ2) is 9.17. The summed E-state index contributed by atoms with van der Waals surface area (Å²) >= 11 is 0. The van der Waals surface area contributed by atoms with E-state index in [9.17, 15) is 18.0 Å². The van der Waals surface area contributed by atoms with Gasteiger partial charge in [-0.25, -0.2) is 4.79 Å². The van der Waals surface area contributed by atoms with Crippen molar-refractivity contribution in [3.05, 3.63) is 54.1 Å². The zero-order valence-corrected chi connectivity index (χ0v) is 16.1. The molecule has 1 aliphatic heterocycles. The van der Waals surface area contributed by atoms with Gasteiger partial charge in [-0.05, 0) is 55.6 Å². The zero-order chi connectivity index (χ0) is 20.9. The Bertz CT molecular complexity index is 842. The van der Waals surface area contributed by atoms with Crippen molar-refractivity contribution in [3.63, 3.8) is 0 Å². The molecule has 0 bridgehead atoms. The number of carbonyl (C=O) groups excluding carboxylic acids is 1. The first-order valence-corrected chi connectivity index (χ1v) is 9.46. The van der Waals surface area contributed by atoms with Crippen LogP contribution in [0.3, 0.4) is 0 Å². The number of likely N-dealkylation sites (tertiary alicyclic amines) is 1. The molecule has 156 valence electrons. The highest BCUT2D eigenvalue weighted by molar-refractivity contribution is 5.90. The second-order valence-corrected chi connectivity index (χ2v) is 7.25. The van der Waals surface area contributed by atoms with Gasteiger partial charge in [0, 0.05) is 13.1 Å². The van der Waals surface area contributed by atoms with Crippen LogP contribution >= 0.6 is 0 Å². The van der Waals surface area contributed by atoms with E-state index >= 15 is 0 Å². The van der Waals surface area contributed by atoms with Crippen LogP contribution in [0.5, 0.6) is 11.5 Å². The number of anilines is 1. The lowest BCUT2D eigenvalue weighted by Crippen LogP contribution is -2.36. The molecular weight excluding hydrogens is 383 g/mol. The van der Waals surface area contributed by atoms with Crippen LogP contribution in [0, 0.1) is 12.8 Å². The van der Waals surface area contributed by atoms with Gasteiger partial charge in [0.1, 0.15) is 5.75 Å². The molecule has 3 rings (SSSR count). The number of carbonyl (C=O) groups is 1. The molecule has 1 heterocycles. The number of para-hydroxylation sites is 2. The Balaban J connectivity index is 1.51. The third-order valence-electron chi connectivity index (χ3n) is 4.68. The van der Waals surface area contributed by atoms with Gasteiger partial charge in [-0.2, -0.15) is 13.2 Å². The highest BCUT2D eigenvalue weighted by Gasteiger charge is 2.34. The minimum absolute atomic E-state index is 0.00175. The van der Waals surface area contributed by atoms with Crippen LogP contribution in [-0.4, -0.2) is 43.3 Å². The lowest BCUT2D eigenvalue weighted by atomic mass is 10.1. The summed E-state index contributed by atoms with van der Waals surface area (Å²) < 4.78 is 43.3. The van der Waals surface area contributed by atoms with Gasteiger partial charge in [-0.1, -0.05) is 24.3 Å². The average Bonchev–Trinajstić information content (AvgIpc) is 3.07.